The Morgan fingerprint density at radius 1 is 1.19 bits per heavy atom. The zero-order valence-electron chi connectivity index (χ0n) is 12.8. The fraction of sp³-hybridized carbons (Fsp3) is 0.400. The maximum atomic E-state index is 11.9. The maximum absolute atomic E-state index is 11.9. The molecule has 0 heterocycles. The molecule has 0 fully saturated rings. The summed E-state index contributed by atoms with van der Waals surface area (Å²) in [6, 6.07) is 5.82. The minimum absolute atomic E-state index is 0.165. The Hall–Kier alpha value is -1.79. The lowest BCUT2D eigenvalue weighted by Gasteiger charge is -2.21. The summed E-state index contributed by atoms with van der Waals surface area (Å²) in [4.78, 5) is 35.0. The Kier molecular flexibility index (Phi) is 5.57. The first-order valence-corrected chi connectivity index (χ1v) is 10.1. The number of Topliss-reactive ketones (excluding diaryl/α,β-unsaturated/α-hetero) is 2. The van der Waals surface area contributed by atoms with E-state index in [1.165, 1.54) is 6.92 Å². The molecular formula is C15H21NO4Si. The summed E-state index contributed by atoms with van der Waals surface area (Å²) in [7, 11) is -2.00. The summed E-state index contributed by atoms with van der Waals surface area (Å²) in [6.07, 6.45) is 0.165. The summed E-state index contributed by atoms with van der Waals surface area (Å²) in [6.45, 7) is 6.90. The van der Waals surface area contributed by atoms with Crippen LogP contribution >= 0.6 is 0 Å². The van der Waals surface area contributed by atoms with E-state index in [0.29, 0.717) is 11.1 Å². The van der Waals surface area contributed by atoms with Gasteiger partial charge in [0.15, 0.2) is 5.78 Å². The van der Waals surface area contributed by atoms with E-state index in [-0.39, 0.29) is 6.42 Å². The van der Waals surface area contributed by atoms with Crippen molar-refractivity contribution < 1.29 is 18.8 Å². The molecule has 114 valence electrons. The first-order valence-electron chi connectivity index (χ1n) is 6.73. The second-order valence-corrected chi connectivity index (χ2v) is 10.3. The second kappa shape index (κ2) is 6.78. The van der Waals surface area contributed by atoms with Crippen molar-refractivity contribution in [1.29, 1.82) is 0 Å². The Labute approximate surface area is 125 Å². The van der Waals surface area contributed by atoms with Gasteiger partial charge >= 0.3 is 5.97 Å². The Balaban J connectivity index is 2.91. The van der Waals surface area contributed by atoms with Gasteiger partial charge in [0.05, 0.1) is 0 Å². The van der Waals surface area contributed by atoms with E-state index in [0.717, 1.165) is 0 Å². The van der Waals surface area contributed by atoms with Crippen molar-refractivity contribution in [3.63, 3.8) is 0 Å². The predicted octanol–water partition coefficient (Wildman–Crippen LogP) is 1.71. The first kappa shape index (κ1) is 17.3. The molecule has 1 rings (SSSR count). The molecule has 0 saturated carbocycles. The molecule has 5 nitrogen and oxygen atoms in total. The molecule has 21 heavy (non-hydrogen) atoms. The maximum Gasteiger partial charge on any atom is 0.309 e. The average molecular weight is 307 g/mol. The Morgan fingerprint density at radius 2 is 1.76 bits per heavy atom. The number of benzene rings is 1. The highest BCUT2D eigenvalue weighted by Crippen LogP contribution is 2.14. The zero-order chi connectivity index (χ0) is 16.2. The third kappa shape index (κ3) is 5.24. The van der Waals surface area contributed by atoms with Crippen LogP contribution in [0.3, 0.4) is 0 Å². The largest absolute Gasteiger partial charge is 0.519 e. The molecule has 0 aromatic heterocycles. The molecule has 0 aliphatic carbocycles. The normalized spacial score (nSPS) is 12.6. The van der Waals surface area contributed by atoms with Gasteiger partial charge in [0.25, 0.3) is 0 Å². The highest BCUT2D eigenvalue weighted by atomic mass is 28.4. The topological polar surface area (TPSA) is 86.5 Å². The molecule has 1 atom stereocenters. The molecule has 0 aliphatic heterocycles. The number of nitrogens with two attached hydrogens (primary N) is 1. The van der Waals surface area contributed by atoms with Gasteiger partial charge in [-0.1, -0.05) is 24.3 Å². The standard InChI is InChI=1S/C15H21NO4Si/c1-10(17)14(18)12-8-6-5-7-11(12)9-13(16)15(19)20-21(2,3)4/h5-8,13H,9,16H2,1-4H3. The van der Waals surface area contributed by atoms with E-state index in [1.54, 1.807) is 24.3 Å². The van der Waals surface area contributed by atoms with Gasteiger partial charge in [-0.3, -0.25) is 14.4 Å². The molecular weight excluding hydrogens is 286 g/mol. The lowest BCUT2D eigenvalue weighted by atomic mass is 9.96. The number of hydrogen-bond donors (Lipinski definition) is 1. The highest BCUT2D eigenvalue weighted by Gasteiger charge is 2.25. The molecule has 6 heteroatoms. The van der Waals surface area contributed by atoms with E-state index in [9.17, 15) is 14.4 Å². The summed E-state index contributed by atoms with van der Waals surface area (Å²) in [5.74, 6) is -1.59. The van der Waals surface area contributed by atoms with Crippen LogP contribution in [0.1, 0.15) is 22.8 Å². The second-order valence-electron chi connectivity index (χ2n) is 5.89. The Morgan fingerprint density at radius 3 is 2.29 bits per heavy atom. The van der Waals surface area contributed by atoms with Crippen molar-refractivity contribution in [3.05, 3.63) is 35.4 Å². The smallest absolute Gasteiger partial charge is 0.309 e. The van der Waals surface area contributed by atoms with Gasteiger partial charge in [-0.25, -0.2) is 0 Å². The first-order chi connectivity index (χ1) is 9.61. The zero-order valence-corrected chi connectivity index (χ0v) is 13.8. The number of carbonyl (C=O) groups excluding carboxylic acids is 3. The van der Waals surface area contributed by atoms with Crippen LogP contribution in [0.15, 0.2) is 24.3 Å². The monoisotopic (exact) mass is 307 g/mol. The van der Waals surface area contributed by atoms with Gasteiger partial charge in [-0.05, 0) is 31.6 Å². The van der Waals surface area contributed by atoms with Gasteiger partial charge in [-0.2, -0.15) is 0 Å². The van der Waals surface area contributed by atoms with Crippen LogP contribution in [0.2, 0.25) is 19.6 Å². The highest BCUT2D eigenvalue weighted by molar-refractivity contribution is 6.71. The lowest BCUT2D eigenvalue weighted by Crippen LogP contribution is -2.41. The summed E-state index contributed by atoms with van der Waals surface area (Å²) < 4.78 is 5.34. The van der Waals surface area contributed by atoms with Crippen LogP contribution in [0.4, 0.5) is 0 Å². The predicted molar refractivity (Wildman–Crippen MR) is 82.6 cm³/mol. The van der Waals surface area contributed by atoms with Crippen LogP contribution in [0.5, 0.6) is 0 Å². The fourth-order valence-electron chi connectivity index (χ4n) is 1.81. The summed E-state index contributed by atoms with van der Waals surface area (Å²) in [5, 5.41) is 0. The molecule has 2 N–H and O–H groups in total. The van der Waals surface area contributed by atoms with E-state index >= 15 is 0 Å². The molecule has 0 amide bonds. The van der Waals surface area contributed by atoms with Crippen LogP contribution in [0, 0.1) is 0 Å². The van der Waals surface area contributed by atoms with Crippen LogP contribution in [-0.2, 0) is 20.4 Å². The van der Waals surface area contributed by atoms with Crippen molar-refractivity contribution in [2.45, 2.75) is 39.0 Å². The average Bonchev–Trinajstić information content (AvgIpc) is 2.36. The lowest BCUT2D eigenvalue weighted by molar-refractivity contribution is -0.136. The van der Waals surface area contributed by atoms with Crippen LogP contribution in [0.25, 0.3) is 0 Å². The van der Waals surface area contributed by atoms with E-state index in [1.807, 2.05) is 19.6 Å². The van der Waals surface area contributed by atoms with E-state index in [2.05, 4.69) is 0 Å². The molecule has 1 aromatic rings. The number of rotatable bonds is 6. The van der Waals surface area contributed by atoms with Gasteiger partial charge in [-0.15, -0.1) is 0 Å². The SMILES string of the molecule is CC(=O)C(=O)c1ccccc1CC(N)C(=O)O[Si](C)(C)C. The molecule has 0 bridgehead atoms. The third-order valence-electron chi connectivity index (χ3n) is 2.73. The minimum Gasteiger partial charge on any atom is -0.519 e. The van der Waals surface area contributed by atoms with Crippen molar-refractivity contribution >= 4 is 25.9 Å². The summed E-state index contributed by atoms with van der Waals surface area (Å²) >= 11 is 0. The number of carbonyl (C=O) groups is 3. The van der Waals surface area contributed by atoms with Crippen molar-refractivity contribution in [3.8, 4) is 0 Å². The van der Waals surface area contributed by atoms with Crippen molar-refractivity contribution in [2.24, 2.45) is 5.73 Å². The molecule has 0 spiro atoms. The minimum atomic E-state index is -2.00. The fourth-order valence-corrected chi connectivity index (χ4v) is 2.56. The molecule has 0 saturated heterocycles. The van der Waals surface area contributed by atoms with Crippen LogP contribution < -0.4 is 5.73 Å². The molecule has 1 aromatic carbocycles. The van der Waals surface area contributed by atoms with Crippen molar-refractivity contribution in [2.75, 3.05) is 0 Å². The van der Waals surface area contributed by atoms with Gasteiger partial charge in [0.1, 0.15) is 6.04 Å². The molecule has 1 unspecified atom stereocenters. The third-order valence-corrected chi connectivity index (χ3v) is 3.54. The van der Waals surface area contributed by atoms with Gasteiger partial charge in [0, 0.05) is 12.5 Å². The van der Waals surface area contributed by atoms with Crippen LogP contribution in [-0.4, -0.2) is 31.9 Å². The number of hydrogen-bond acceptors (Lipinski definition) is 5. The Bertz CT molecular complexity index is 563. The number of ketones is 2. The van der Waals surface area contributed by atoms with Crippen molar-refractivity contribution in [1.82, 2.24) is 0 Å². The quantitative estimate of drug-likeness (QED) is 0.491. The molecule has 0 radical (unpaired) electrons. The molecule has 0 aliphatic rings. The van der Waals surface area contributed by atoms with Gasteiger partial charge in [0.2, 0.25) is 14.1 Å². The van der Waals surface area contributed by atoms with E-state index in [4.69, 9.17) is 10.2 Å². The van der Waals surface area contributed by atoms with Gasteiger partial charge < -0.3 is 10.2 Å². The van der Waals surface area contributed by atoms with E-state index < -0.39 is 31.9 Å². The summed E-state index contributed by atoms with van der Waals surface area (Å²) in [5.41, 5.74) is 6.73.